The monoisotopic (exact) mass is 272 g/mol. The van der Waals surface area contributed by atoms with Gasteiger partial charge < -0.3 is 4.57 Å². The summed E-state index contributed by atoms with van der Waals surface area (Å²) in [6.07, 6.45) is 1.30. The van der Waals surface area contributed by atoms with Crippen LogP contribution < -0.4 is 11.2 Å². The molecule has 104 valence electrons. The maximum atomic E-state index is 12.6. The zero-order valence-electron chi connectivity index (χ0n) is 11.9. The third-order valence-electron chi connectivity index (χ3n) is 3.40. The van der Waals surface area contributed by atoms with Gasteiger partial charge in [-0.15, -0.1) is 0 Å². The van der Waals surface area contributed by atoms with Gasteiger partial charge in [-0.25, -0.2) is 4.79 Å². The Balaban J connectivity index is 2.73. The number of carbonyl (C=O) groups is 1. The molecule has 0 aliphatic rings. The standard InChI is InChI=1S/C15H16N2O3/c1-9-6-5-7-10(2)12(9)13(18)11-8-16(3)15(20)17(4)14(11)19/h5-8H,1-4H3. The minimum atomic E-state index is -0.569. The number of aromatic nitrogens is 2. The number of ketones is 1. The van der Waals surface area contributed by atoms with Gasteiger partial charge in [0, 0.05) is 25.9 Å². The van der Waals surface area contributed by atoms with E-state index in [0.717, 1.165) is 15.7 Å². The molecule has 1 aromatic carbocycles. The van der Waals surface area contributed by atoms with Gasteiger partial charge in [0.2, 0.25) is 5.78 Å². The molecule has 0 saturated carbocycles. The molecule has 2 rings (SSSR count). The minimum absolute atomic E-state index is 0.00648. The quantitative estimate of drug-likeness (QED) is 0.764. The van der Waals surface area contributed by atoms with Gasteiger partial charge in [0.05, 0.1) is 0 Å². The van der Waals surface area contributed by atoms with Gasteiger partial charge in [-0.1, -0.05) is 18.2 Å². The Morgan fingerprint density at radius 3 is 2.15 bits per heavy atom. The summed E-state index contributed by atoms with van der Waals surface area (Å²) in [5, 5.41) is 0. The molecule has 0 spiro atoms. The molecule has 20 heavy (non-hydrogen) atoms. The van der Waals surface area contributed by atoms with Crippen LogP contribution in [0, 0.1) is 13.8 Å². The summed E-state index contributed by atoms with van der Waals surface area (Å²) in [5.74, 6) is -0.350. The SMILES string of the molecule is Cc1cccc(C)c1C(=O)c1cn(C)c(=O)n(C)c1=O. The van der Waals surface area contributed by atoms with Gasteiger partial charge in [0.25, 0.3) is 5.56 Å². The first-order chi connectivity index (χ1) is 9.34. The van der Waals surface area contributed by atoms with Crippen LogP contribution in [0.4, 0.5) is 0 Å². The predicted molar refractivity (Wildman–Crippen MR) is 76.3 cm³/mol. The van der Waals surface area contributed by atoms with Crippen molar-refractivity contribution in [3.8, 4) is 0 Å². The van der Waals surface area contributed by atoms with Crippen molar-refractivity contribution in [2.45, 2.75) is 13.8 Å². The van der Waals surface area contributed by atoms with E-state index in [-0.39, 0.29) is 11.3 Å². The average molecular weight is 272 g/mol. The van der Waals surface area contributed by atoms with E-state index in [0.29, 0.717) is 5.56 Å². The second-order valence-electron chi connectivity index (χ2n) is 4.90. The van der Waals surface area contributed by atoms with Gasteiger partial charge in [-0.2, -0.15) is 0 Å². The van der Waals surface area contributed by atoms with Crippen LogP contribution in [0.2, 0.25) is 0 Å². The molecular formula is C15H16N2O3. The van der Waals surface area contributed by atoms with E-state index in [1.54, 1.807) is 0 Å². The molecule has 0 amide bonds. The molecule has 5 heteroatoms. The van der Waals surface area contributed by atoms with Gasteiger partial charge in [0.15, 0.2) is 0 Å². The first-order valence-electron chi connectivity index (χ1n) is 6.22. The van der Waals surface area contributed by atoms with Crippen LogP contribution in [0.25, 0.3) is 0 Å². The summed E-state index contributed by atoms with van der Waals surface area (Å²) < 4.78 is 2.18. The topological polar surface area (TPSA) is 61.1 Å². The van der Waals surface area contributed by atoms with Crippen LogP contribution in [-0.4, -0.2) is 14.9 Å². The zero-order valence-corrected chi connectivity index (χ0v) is 11.9. The van der Waals surface area contributed by atoms with Crippen LogP contribution >= 0.6 is 0 Å². The Labute approximate surface area is 116 Å². The van der Waals surface area contributed by atoms with Gasteiger partial charge in [0.1, 0.15) is 5.56 Å². The van der Waals surface area contributed by atoms with Crippen molar-refractivity contribution in [3.05, 3.63) is 67.5 Å². The number of rotatable bonds is 2. The highest BCUT2D eigenvalue weighted by Gasteiger charge is 2.19. The second-order valence-corrected chi connectivity index (χ2v) is 4.90. The molecule has 0 unspecified atom stereocenters. The largest absolute Gasteiger partial charge is 0.330 e. The lowest BCUT2D eigenvalue weighted by atomic mass is 9.96. The van der Waals surface area contributed by atoms with Gasteiger partial charge in [-0.05, 0) is 25.0 Å². The highest BCUT2D eigenvalue weighted by molar-refractivity contribution is 6.10. The molecule has 1 aromatic heterocycles. The predicted octanol–water partition coefficient (Wildman–Crippen LogP) is 0.932. The molecule has 0 aliphatic carbocycles. The van der Waals surface area contributed by atoms with Crippen LogP contribution in [0.3, 0.4) is 0 Å². The number of hydrogen-bond donors (Lipinski definition) is 0. The summed E-state index contributed by atoms with van der Waals surface area (Å²) in [5.41, 5.74) is 1.13. The van der Waals surface area contributed by atoms with E-state index in [1.165, 1.54) is 24.9 Å². The van der Waals surface area contributed by atoms with Crippen LogP contribution in [0.5, 0.6) is 0 Å². The Morgan fingerprint density at radius 2 is 1.60 bits per heavy atom. The average Bonchev–Trinajstić information content (AvgIpc) is 2.40. The van der Waals surface area contributed by atoms with Crippen molar-refractivity contribution in [1.29, 1.82) is 0 Å². The number of carbonyl (C=O) groups excluding carboxylic acids is 1. The third kappa shape index (κ3) is 2.11. The van der Waals surface area contributed by atoms with Crippen molar-refractivity contribution in [2.24, 2.45) is 14.1 Å². The van der Waals surface area contributed by atoms with Crippen molar-refractivity contribution in [1.82, 2.24) is 9.13 Å². The number of benzene rings is 1. The second kappa shape index (κ2) is 4.92. The number of nitrogens with zero attached hydrogens (tertiary/aromatic N) is 2. The summed E-state index contributed by atoms with van der Waals surface area (Å²) in [6, 6.07) is 5.51. The van der Waals surface area contributed by atoms with Crippen LogP contribution in [-0.2, 0) is 14.1 Å². The fraction of sp³-hybridized carbons (Fsp3) is 0.267. The summed E-state index contributed by atoms with van der Waals surface area (Å²) >= 11 is 0. The molecule has 0 fully saturated rings. The van der Waals surface area contributed by atoms with Crippen molar-refractivity contribution < 1.29 is 4.79 Å². The fourth-order valence-electron chi connectivity index (χ4n) is 2.27. The lowest BCUT2D eigenvalue weighted by Crippen LogP contribution is -2.39. The lowest BCUT2D eigenvalue weighted by Gasteiger charge is -2.10. The maximum absolute atomic E-state index is 12.6. The van der Waals surface area contributed by atoms with Crippen LogP contribution in [0.15, 0.2) is 34.0 Å². The lowest BCUT2D eigenvalue weighted by molar-refractivity contribution is 0.103. The van der Waals surface area contributed by atoms with E-state index in [1.807, 2.05) is 32.0 Å². The fourth-order valence-corrected chi connectivity index (χ4v) is 2.27. The Morgan fingerprint density at radius 1 is 1.05 bits per heavy atom. The van der Waals surface area contributed by atoms with Crippen molar-refractivity contribution in [3.63, 3.8) is 0 Å². The van der Waals surface area contributed by atoms with E-state index < -0.39 is 11.2 Å². The summed E-state index contributed by atoms with van der Waals surface area (Å²) in [4.78, 5) is 36.4. The smallest absolute Gasteiger partial charge is 0.303 e. The molecule has 0 aliphatic heterocycles. The normalized spacial score (nSPS) is 10.6. The molecule has 0 atom stereocenters. The van der Waals surface area contributed by atoms with E-state index in [4.69, 9.17) is 0 Å². The van der Waals surface area contributed by atoms with E-state index >= 15 is 0 Å². The highest BCUT2D eigenvalue weighted by Crippen LogP contribution is 2.16. The van der Waals surface area contributed by atoms with Crippen molar-refractivity contribution in [2.75, 3.05) is 0 Å². The molecule has 0 radical (unpaired) electrons. The molecular weight excluding hydrogens is 256 g/mol. The first-order valence-corrected chi connectivity index (χ1v) is 6.22. The number of aryl methyl sites for hydroxylation is 3. The molecule has 2 aromatic rings. The Hall–Kier alpha value is -2.43. The molecule has 5 nitrogen and oxygen atoms in total. The molecule has 0 saturated heterocycles. The molecule has 1 heterocycles. The minimum Gasteiger partial charge on any atom is -0.303 e. The van der Waals surface area contributed by atoms with Gasteiger partial charge >= 0.3 is 5.69 Å². The van der Waals surface area contributed by atoms with E-state index in [9.17, 15) is 14.4 Å². The van der Waals surface area contributed by atoms with E-state index in [2.05, 4.69) is 0 Å². The first kappa shape index (κ1) is 14.0. The Kier molecular flexibility index (Phi) is 3.44. The number of hydrogen-bond acceptors (Lipinski definition) is 3. The third-order valence-corrected chi connectivity index (χ3v) is 3.40. The van der Waals surface area contributed by atoms with Crippen molar-refractivity contribution >= 4 is 5.78 Å². The maximum Gasteiger partial charge on any atom is 0.330 e. The Bertz CT molecular complexity index is 793. The zero-order chi connectivity index (χ0) is 15.0. The molecule has 0 bridgehead atoms. The van der Waals surface area contributed by atoms with Gasteiger partial charge in [-0.3, -0.25) is 14.2 Å². The highest BCUT2D eigenvalue weighted by atomic mass is 16.2. The van der Waals surface area contributed by atoms with Crippen LogP contribution in [0.1, 0.15) is 27.0 Å². The summed E-state index contributed by atoms with van der Waals surface area (Å²) in [7, 11) is 2.88. The molecule has 0 N–H and O–H groups in total. The summed E-state index contributed by atoms with van der Waals surface area (Å²) in [6.45, 7) is 3.65.